The Labute approximate surface area is 232 Å². The molecule has 0 spiro atoms. The molecule has 4 rings (SSSR count). The third kappa shape index (κ3) is 9.17. The van der Waals surface area contributed by atoms with Crippen LogP contribution in [0.2, 0.25) is 0 Å². The fraction of sp³-hybridized carbons (Fsp3) is 0.429. The predicted octanol–water partition coefficient (Wildman–Crippen LogP) is 4.27. The summed E-state index contributed by atoms with van der Waals surface area (Å²) in [5, 5.41) is 22.6. The summed E-state index contributed by atoms with van der Waals surface area (Å²) in [5.74, 6) is 0.607. The molecular weight excluding hydrogens is 518 g/mol. The van der Waals surface area contributed by atoms with Gasteiger partial charge in [0.2, 0.25) is 11.8 Å². The van der Waals surface area contributed by atoms with Gasteiger partial charge in [-0.25, -0.2) is 4.98 Å². The van der Waals surface area contributed by atoms with Crippen LogP contribution in [0, 0.1) is 0 Å². The van der Waals surface area contributed by atoms with Gasteiger partial charge in [0.05, 0.1) is 18.8 Å². The number of hydrogen-bond donors (Lipinski definition) is 4. The van der Waals surface area contributed by atoms with E-state index >= 15 is 0 Å². The number of aliphatic hydroxyl groups is 1. The molecule has 0 bridgehead atoms. The number of carbonyl (C=O) groups is 2. The SMILES string of the molecule is CC(=O)NCCCCCC(=O)Nc1ccc([C@H]2O[C@@H](CSc3ncn[nH]3)C[C@@H](c3ccc(CO)cc3)O2)cc1. The van der Waals surface area contributed by atoms with Crippen LogP contribution in [0.4, 0.5) is 5.69 Å². The first kappa shape index (κ1) is 28.8. The molecule has 10 nitrogen and oxygen atoms in total. The van der Waals surface area contributed by atoms with E-state index in [2.05, 4.69) is 25.8 Å². The number of nitrogens with one attached hydrogen (secondary N) is 3. The molecule has 1 aliphatic heterocycles. The van der Waals surface area contributed by atoms with Gasteiger partial charge in [0.25, 0.3) is 0 Å². The summed E-state index contributed by atoms with van der Waals surface area (Å²) in [4.78, 5) is 27.4. The van der Waals surface area contributed by atoms with Gasteiger partial charge in [-0.2, -0.15) is 5.10 Å². The Bertz CT molecular complexity index is 1170. The number of aromatic nitrogens is 3. The molecule has 1 saturated heterocycles. The van der Waals surface area contributed by atoms with Gasteiger partial charge in [-0.3, -0.25) is 14.7 Å². The second-order valence-electron chi connectivity index (χ2n) is 9.42. The highest BCUT2D eigenvalue weighted by molar-refractivity contribution is 7.99. The zero-order valence-corrected chi connectivity index (χ0v) is 22.8. The summed E-state index contributed by atoms with van der Waals surface area (Å²) < 4.78 is 12.7. The number of aliphatic hydroxyl groups excluding tert-OH is 1. The lowest BCUT2D eigenvalue weighted by Gasteiger charge is -2.36. The zero-order chi connectivity index (χ0) is 27.5. The van der Waals surface area contributed by atoms with Gasteiger partial charge in [0.1, 0.15) is 6.33 Å². The molecule has 3 atom stereocenters. The number of rotatable bonds is 13. The predicted molar refractivity (Wildman–Crippen MR) is 148 cm³/mol. The number of benzene rings is 2. The highest BCUT2D eigenvalue weighted by Gasteiger charge is 2.32. The van der Waals surface area contributed by atoms with Crippen LogP contribution in [0.15, 0.2) is 60.0 Å². The molecule has 3 aromatic rings. The van der Waals surface area contributed by atoms with Crippen LogP contribution >= 0.6 is 11.8 Å². The molecule has 0 unspecified atom stereocenters. The van der Waals surface area contributed by atoms with Crippen molar-refractivity contribution < 1.29 is 24.2 Å². The maximum absolute atomic E-state index is 12.3. The number of unbranched alkanes of at least 4 members (excludes halogenated alkanes) is 2. The van der Waals surface area contributed by atoms with Gasteiger partial charge in [-0.05, 0) is 36.1 Å². The van der Waals surface area contributed by atoms with Crippen LogP contribution < -0.4 is 10.6 Å². The number of ether oxygens (including phenoxy) is 2. The van der Waals surface area contributed by atoms with Crippen molar-refractivity contribution in [3.63, 3.8) is 0 Å². The smallest absolute Gasteiger partial charge is 0.224 e. The van der Waals surface area contributed by atoms with E-state index in [4.69, 9.17) is 9.47 Å². The molecule has 1 aliphatic rings. The zero-order valence-electron chi connectivity index (χ0n) is 22.0. The summed E-state index contributed by atoms with van der Waals surface area (Å²) in [7, 11) is 0. The minimum Gasteiger partial charge on any atom is -0.392 e. The summed E-state index contributed by atoms with van der Waals surface area (Å²) >= 11 is 1.55. The van der Waals surface area contributed by atoms with Crippen LogP contribution in [-0.2, 0) is 25.7 Å². The number of nitrogens with zero attached hydrogens (tertiary/aromatic N) is 2. The standard InChI is InChI=1S/C28H35N5O5S/c1-19(35)29-14-4-2-3-5-26(36)32-23-12-10-22(11-13-23)27-37-24(17-39-28-30-18-31-33-28)15-25(38-27)21-8-6-20(16-34)7-9-21/h6-13,18,24-25,27,34H,2-5,14-17H2,1H3,(H,29,35)(H,32,36)(H,30,31,33)/t24-,25+,27+/m1/s1. The molecule has 0 aliphatic carbocycles. The molecule has 39 heavy (non-hydrogen) atoms. The first-order valence-electron chi connectivity index (χ1n) is 13.1. The Hall–Kier alpha value is -3.25. The van der Waals surface area contributed by atoms with Gasteiger partial charge in [-0.1, -0.05) is 54.6 Å². The average molecular weight is 554 g/mol. The first-order valence-corrected chi connectivity index (χ1v) is 14.1. The highest BCUT2D eigenvalue weighted by Crippen LogP contribution is 2.39. The van der Waals surface area contributed by atoms with Crippen LogP contribution in [0.25, 0.3) is 0 Å². The summed E-state index contributed by atoms with van der Waals surface area (Å²) in [5.41, 5.74) is 3.45. The number of H-pyrrole nitrogens is 1. The Kier molecular flexibility index (Phi) is 10.9. The molecule has 2 aromatic carbocycles. The number of carbonyl (C=O) groups excluding carboxylic acids is 2. The topological polar surface area (TPSA) is 138 Å². The van der Waals surface area contributed by atoms with E-state index in [9.17, 15) is 14.7 Å². The van der Waals surface area contributed by atoms with E-state index < -0.39 is 6.29 Å². The van der Waals surface area contributed by atoms with Crippen molar-refractivity contribution >= 4 is 29.3 Å². The van der Waals surface area contributed by atoms with Crippen molar-refractivity contribution in [3.05, 3.63) is 71.5 Å². The molecule has 2 heterocycles. The van der Waals surface area contributed by atoms with Gasteiger partial charge >= 0.3 is 0 Å². The fourth-order valence-electron chi connectivity index (χ4n) is 4.26. The van der Waals surface area contributed by atoms with Crippen molar-refractivity contribution in [2.75, 3.05) is 17.6 Å². The van der Waals surface area contributed by atoms with Crippen LogP contribution in [-0.4, -0.2) is 50.5 Å². The second-order valence-corrected chi connectivity index (χ2v) is 10.4. The van der Waals surface area contributed by atoms with Crippen molar-refractivity contribution in [2.24, 2.45) is 0 Å². The Morgan fingerprint density at radius 2 is 1.82 bits per heavy atom. The number of anilines is 1. The lowest BCUT2D eigenvalue weighted by Crippen LogP contribution is -2.31. The molecule has 11 heteroatoms. The van der Waals surface area contributed by atoms with E-state index in [-0.39, 0.29) is 30.6 Å². The molecule has 4 N–H and O–H groups in total. The van der Waals surface area contributed by atoms with Crippen molar-refractivity contribution in [1.82, 2.24) is 20.5 Å². The monoisotopic (exact) mass is 553 g/mol. The van der Waals surface area contributed by atoms with Crippen molar-refractivity contribution in [1.29, 1.82) is 0 Å². The van der Waals surface area contributed by atoms with Crippen molar-refractivity contribution in [2.45, 2.75) is 69.3 Å². The minimum absolute atomic E-state index is 0.00449. The summed E-state index contributed by atoms with van der Waals surface area (Å²) in [6.45, 7) is 2.13. The van der Waals surface area contributed by atoms with Crippen LogP contribution in [0.1, 0.15) is 68.1 Å². The molecule has 1 aromatic heterocycles. The summed E-state index contributed by atoms with van der Waals surface area (Å²) in [6, 6.07) is 15.3. The van der Waals surface area contributed by atoms with E-state index in [1.165, 1.54) is 13.3 Å². The van der Waals surface area contributed by atoms with E-state index in [1.54, 1.807) is 11.8 Å². The Morgan fingerprint density at radius 1 is 1.05 bits per heavy atom. The average Bonchev–Trinajstić information content (AvgIpc) is 3.48. The Balaban J connectivity index is 1.34. The summed E-state index contributed by atoms with van der Waals surface area (Å²) in [6.07, 6.45) is 4.24. The number of aromatic amines is 1. The molecule has 2 amide bonds. The van der Waals surface area contributed by atoms with E-state index in [1.807, 2.05) is 48.5 Å². The van der Waals surface area contributed by atoms with Gasteiger partial charge in [0.15, 0.2) is 11.4 Å². The molecule has 1 fully saturated rings. The largest absolute Gasteiger partial charge is 0.392 e. The number of thioether (sulfide) groups is 1. The number of amides is 2. The Morgan fingerprint density at radius 3 is 2.51 bits per heavy atom. The highest BCUT2D eigenvalue weighted by atomic mass is 32.2. The minimum atomic E-state index is -0.574. The molecule has 0 radical (unpaired) electrons. The second kappa shape index (κ2) is 14.8. The van der Waals surface area contributed by atoms with Gasteiger partial charge in [0, 0.05) is 43.3 Å². The maximum Gasteiger partial charge on any atom is 0.224 e. The molecule has 0 saturated carbocycles. The fourth-order valence-corrected chi connectivity index (χ4v) is 5.05. The van der Waals surface area contributed by atoms with Crippen molar-refractivity contribution in [3.8, 4) is 0 Å². The molecule has 208 valence electrons. The van der Waals surface area contributed by atoms with Gasteiger partial charge in [-0.15, -0.1) is 0 Å². The van der Waals surface area contributed by atoms with Crippen LogP contribution in [0.3, 0.4) is 0 Å². The molecular formula is C28H35N5O5S. The maximum atomic E-state index is 12.3. The number of hydrogen-bond acceptors (Lipinski definition) is 8. The third-order valence-electron chi connectivity index (χ3n) is 6.33. The lowest BCUT2D eigenvalue weighted by molar-refractivity contribution is -0.245. The first-order chi connectivity index (χ1) is 19.0. The quantitative estimate of drug-likeness (QED) is 0.182. The van der Waals surface area contributed by atoms with E-state index in [0.29, 0.717) is 30.8 Å². The van der Waals surface area contributed by atoms with Gasteiger partial charge < -0.3 is 25.2 Å². The van der Waals surface area contributed by atoms with Crippen LogP contribution in [0.5, 0.6) is 0 Å². The normalized spacial score (nSPS) is 19.0. The third-order valence-corrected chi connectivity index (χ3v) is 7.34. The van der Waals surface area contributed by atoms with E-state index in [0.717, 1.165) is 41.1 Å². The lowest BCUT2D eigenvalue weighted by atomic mass is 10.0.